The van der Waals surface area contributed by atoms with Gasteiger partial charge in [0.25, 0.3) is 0 Å². The summed E-state index contributed by atoms with van der Waals surface area (Å²) in [5, 5.41) is 3.20. The summed E-state index contributed by atoms with van der Waals surface area (Å²) in [5.74, 6) is 1.01. The minimum absolute atomic E-state index is 0.0320. The number of ether oxygens (including phenoxy) is 1. The third kappa shape index (κ3) is 4.65. The molecule has 2 atom stereocenters. The second-order valence-electron chi connectivity index (χ2n) is 7.77. The average Bonchev–Trinajstić information content (AvgIpc) is 3.11. The van der Waals surface area contributed by atoms with E-state index in [9.17, 15) is 4.79 Å². The summed E-state index contributed by atoms with van der Waals surface area (Å²) in [5.41, 5.74) is 5.64. The number of carbonyl (C=O) groups excluding carboxylic acids is 1. The van der Waals surface area contributed by atoms with Gasteiger partial charge in [0.05, 0.1) is 6.04 Å². The summed E-state index contributed by atoms with van der Waals surface area (Å²) in [4.78, 5) is 17.0. The Balaban J connectivity index is 1.44. The van der Waals surface area contributed by atoms with Crippen LogP contribution in [0.1, 0.15) is 47.2 Å². The van der Waals surface area contributed by atoms with Crippen LogP contribution in [-0.2, 0) is 17.6 Å². The van der Waals surface area contributed by atoms with Crippen molar-refractivity contribution in [3.05, 3.63) is 94.8 Å². The Bertz CT molecular complexity index is 983. The molecule has 0 bridgehead atoms. The van der Waals surface area contributed by atoms with Gasteiger partial charge in [0.1, 0.15) is 11.9 Å². The van der Waals surface area contributed by atoms with Crippen molar-refractivity contribution in [1.29, 1.82) is 0 Å². The molecule has 0 aliphatic carbocycles. The number of aromatic nitrogens is 1. The Labute approximate surface area is 172 Å². The van der Waals surface area contributed by atoms with Crippen molar-refractivity contribution >= 4 is 5.91 Å². The fraction of sp³-hybridized carbons (Fsp3) is 0.280. The summed E-state index contributed by atoms with van der Waals surface area (Å²) in [6, 6.07) is 18.2. The first-order valence-corrected chi connectivity index (χ1v) is 10.1. The molecule has 3 aromatic rings. The molecule has 1 aliphatic heterocycles. The molecule has 2 aromatic carbocycles. The lowest BCUT2D eigenvalue weighted by Gasteiger charge is -2.20. The largest absolute Gasteiger partial charge is 0.490 e. The topological polar surface area (TPSA) is 51.2 Å². The molecule has 0 saturated heterocycles. The minimum atomic E-state index is -0.203. The number of carbonyl (C=O) groups is 1. The monoisotopic (exact) mass is 386 g/mol. The number of hydrogen-bond donors (Lipinski definition) is 1. The van der Waals surface area contributed by atoms with Gasteiger partial charge >= 0.3 is 0 Å². The molecule has 1 N–H and O–H groups in total. The SMILES string of the molecule is Cc1ccc([C@H](NC(=O)CCc2ccc3c(c2)C[C@H](C)O3)c2cccnc2)cc1. The fourth-order valence-corrected chi connectivity index (χ4v) is 3.79. The Morgan fingerprint density at radius 1 is 1.17 bits per heavy atom. The van der Waals surface area contributed by atoms with Gasteiger partial charge in [-0.15, -0.1) is 0 Å². The van der Waals surface area contributed by atoms with E-state index in [0.29, 0.717) is 12.8 Å². The van der Waals surface area contributed by atoms with Gasteiger partial charge < -0.3 is 10.1 Å². The van der Waals surface area contributed by atoms with E-state index in [1.807, 2.05) is 24.4 Å². The lowest BCUT2D eigenvalue weighted by molar-refractivity contribution is -0.121. The highest BCUT2D eigenvalue weighted by molar-refractivity contribution is 5.77. The molecular formula is C25H26N2O2. The summed E-state index contributed by atoms with van der Waals surface area (Å²) in [6.07, 6.45) is 5.88. The first-order valence-electron chi connectivity index (χ1n) is 10.1. The highest BCUT2D eigenvalue weighted by Gasteiger charge is 2.20. The van der Waals surface area contributed by atoms with Crippen LogP contribution in [0.25, 0.3) is 0 Å². The normalized spacial score (nSPS) is 16.0. The molecule has 0 unspecified atom stereocenters. The number of benzene rings is 2. The Kier molecular flexibility index (Phi) is 5.61. The highest BCUT2D eigenvalue weighted by Crippen LogP contribution is 2.29. The molecule has 0 fully saturated rings. The van der Waals surface area contributed by atoms with Crippen LogP contribution < -0.4 is 10.1 Å². The lowest BCUT2D eigenvalue weighted by atomic mass is 9.98. The van der Waals surface area contributed by atoms with Gasteiger partial charge in [0, 0.05) is 25.2 Å². The van der Waals surface area contributed by atoms with E-state index >= 15 is 0 Å². The van der Waals surface area contributed by atoms with E-state index in [0.717, 1.165) is 23.3 Å². The zero-order valence-electron chi connectivity index (χ0n) is 16.9. The number of pyridine rings is 1. The quantitative estimate of drug-likeness (QED) is 0.676. The van der Waals surface area contributed by atoms with Crippen molar-refractivity contribution in [2.75, 3.05) is 0 Å². The molecule has 2 heterocycles. The molecule has 1 aliphatic rings. The molecule has 4 nitrogen and oxygen atoms in total. The van der Waals surface area contributed by atoms with Crippen molar-refractivity contribution in [1.82, 2.24) is 10.3 Å². The van der Waals surface area contributed by atoms with Gasteiger partial charge in [0.2, 0.25) is 5.91 Å². The van der Waals surface area contributed by atoms with Gasteiger partial charge in [-0.05, 0) is 54.7 Å². The van der Waals surface area contributed by atoms with Crippen LogP contribution in [0.2, 0.25) is 0 Å². The fourth-order valence-electron chi connectivity index (χ4n) is 3.79. The molecule has 0 spiro atoms. The number of nitrogens with one attached hydrogen (secondary N) is 1. The number of rotatable bonds is 6. The van der Waals surface area contributed by atoms with Crippen molar-refractivity contribution in [2.45, 2.75) is 45.3 Å². The molecule has 0 saturated carbocycles. The van der Waals surface area contributed by atoms with Crippen LogP contribution in [0.3, 0.4) is 0 Å². The van der Waals surface area contributed by atoms with Crippen molar-refractivity contribution in [2.24, 2.45) is 0 Å². The van der Waals surface area contributed by atoms with E-state index in [2.05, 4.69) is 60.5 Å². The van der Waals surface area contributed by atoms with Gasteiger partial charge in [0.15, 0.2) is 0 Å². The highest BCUT2D eigenvalue weighted by atomic mass is 16.5. The molecule has 29 heavy (non-hydrogen) atoms. The molecule has 1 amide bonds. The number of amides is 1. The molecule has 4 rings (SSSR count). The predicted molar refractivity (Wildman–Crippen MR) is 114 cm³/mol. The Morgan fingerprint density at radius 2 is 2.00 bits per heavy atom. The van der Waals surface area contributed by atoms with E-state index in [-0.39, 0.29) is 18.1 Å². The number of aryl methyl sites for hydroxylation is 2. The Morgan fingerprint density at radius 3 is 2.76 bits per heavy atom. The molecule has 4 heteroatoms. The van der Waals surface area contributed by atoms with Crippen LogP contribution in [-0.4, -0.2) is 17.0 Å². The van der Waals surface area contributed by atoms with Gasteiger partial charge in [-0.3, -0.25) is 9.78 Å². The van der Waals surface area contributed by atoms with Crippen LogP contribution >= 0.6 is 0 Å². The maximum absolute atomic E-state index is 12.8. The van der Waals surface area contributed by atoms with Gasteiger partial charge in [-0.25, -0.2) is 0 Å². The summed E-state index contributed by atoms with van der Waals surface area (Å²) in [7, 11) is 0. The lowest BCUT2D eigenvalue weighted by Crippen LogP contribution is -2.29. The van der Waals surface area contributed by atoms with E-state index in [1.165, 1.54) is 16.7 Å². The van der Waals surface area contributed by atoms with E-state index in [4.69, 9.17) is 4.74 Å². The second-order valence-corrected chi connectivity index (χ2v) is 7.77. The van der Waals surface area contributed by atoms with Crippen LogP contribution in [0.15, 0.2) is 67.0 Å². The molecule has 1 aromatic heterocycles. The Hall–Kier alpha value is -3.14. The predicted octanol–water partition coefficient (Wildman–Crippen LogP) is 4.55. The maximum atomic E-state index is 12.8. The number of nitrogens with zero attached hydrogens (tertiary/aromatic N) is 1. The van der Waals surface area contributed by atoms with Crippen LogP contribution in [0.5, 0.6) is 5.75 Å². The first kappa shape index (κ1) is 19.2. The van der Waals surface area contributed by atoms with Crippen molar-refractivity contribution < 1.29 is 9.53 Å². The molecular weight excluding hydrogens is 360 g/mol. The number of hydrogen-bond acceptors (Lipinski definition) is 3. The average molecular weight is 386 g/mol. The number of fused-ring (bicyclic) bond motifs is 1. The zero-order chi connectivity index (χ0) is 20.2. The van der Waals surface area contributed by atoms with Gasteiger partial charge in [-0.1, -0.05) is 48.0 Å². The summed E-state index contributed by atoms with van der Waals surface area (Å²) >= 11 is 0. The van der Waals surface area contributed by atoms with Crippen LogP contribution in [0.4, 0.5) is 0 Å². The smallest absolute Gasteiger partial charge is 0.221 e. The molecule has 0 radical (unpaired) electrons. The van der Waals surface area contributed by atoms with Gasteiger partial charge in [-0.2, -0.15) is 0 Å². The third-order valence-electron chi connectivity index (χ3n) is 5.33. The van der Waals surface area contributed by atoms with E-state index in [1.54, 1.807) is 6.20 Å². The maximum Gasteiger partial charge on any atom is 0.221 e. The minimum Gasteiger partial charge on any atom is -0.490 e. The zero-order valence-corrected chi connectivity index (χ0v) is 16.9. The second kappa shape index (κ2) is 8.48. The van der Waals surface area contributed by atoms with Crippen molar-refractivity contribution in [3.63, 3.8) is 0 Å². The molecule has 148 valence electrons. The first-order chi connectivity index (χ1) is 14.1. The summed E-state index contributed by atoms with van der Waals surface area (Å²) < 4.78 is 5.76. The summed E-state index contributed by atoms with van der Waals surface area (Å²) in [6.45, 7) is 4.14. The van der Waals surface area contributed by atoms with Crippen molar-refractivity contribution in [3.8, 4) is 5.75 Å². The van der Waals surface area contributed by atoms with E-state index < -0.39 is 0 Å². The van der Waals surface area contributed by atoms with Crippen LogP contribution in [0, 0.1) is 6.92 Å². The standard InChI is InChI=1S/C25H26N2O2/c1-17-5-9-20(10-6-17)25(21-4-3-13-26-16-21)27-24(28)12-8-19-7-11-23-22(15-19)14-18(2)29-23/h3-7,9-11,13,15-16,18,25H,8,12,14H2,1-2H3,(H,27,28)/t18-,25-/m0/s1. The third-order valence-corrected chi connectivity index (χ3v) is 5.33.